The summed E-state index contributed by atoms with van der Waals surface area (Å²) in [4.78, 5) is 0. The van der Waals surface area contributed by atoms with E-state index in [4.69, 9.17) is 11.0 Å². The number of hydrogen-bond acceptors (Lipinski definition) is 3. The van der Waals surface area contributed by atoms with E-state index in [-0.39, 0.29) is 0 Å². The molecule has 0 bridgehead atoms. The van der Waals surface area contributed by atoms with E-state index < -0.39 is 0 Å². The Kier molecular flexibility index (Phi) is 3.57. The summed E-state index contributed by atoms with van der Waals surface area (Å²) in [7, 11) is 0. The lowest BCUT2D eigenvalue weighted by Crippen LogP contribution is -2.08. The molecule has 0 fully saturated rings. The van der Waals surface area contributed by atoms with Crippen molar-refractivity contribution in [3.05, 3.63) is 46.8 Å². The fraction of sp³-hybridized carbons (Fsp3) is 0.333. The average Bonchev–Trinajstić information content (AvgIpc) is 2.65. The number of anilines is 1. The monoisotopic (exact) mass is 254 g/mol. The Bertz CT molecular complexity index is 615. The molecule has 0 aliphatic rings. The number of nitrogens with zero attached hydrogens (tertiary/aromatic N) is 3. The van der Waals surface area contributed by atoms with Crippen molar-refractivity contribution in [1.29, 1.82) is 5.26 Å². The van der Waals surface area contributed by atoms with Gasteiger partial charge in [0.1, 0.15) is 0 Å². The lowest BCUT2D eigenvalue weighted by molar-refractivity contribution is 0.615. The first-order valence-corrected chi connectivity index (χ1v) is 6.34. The number of nitriles is 1. The molecule has 0 saturated carbocycles. The maximum Gasteiger partial charge on any atom is 0.0991 e. The van der Waals surface area contributed by atoms with E-state index in [2.05, 4.69) is 25.0 Å². The third kappa shape index (κ3) is 2.60. The second-order valence-electron chi connectivity index (χ2n) is 5.01. The first-order valence-electron chi connectivity index (χ1n) is 6.34. The smallest absolute Gasteiger partial charge is 0.0991 e. The lowest BCUT2D eigenvalue weighted by Gasteiger charge is -2.11. The second-order valence-corrected chi connectivity index (χ2v) is 5.01. The van der Waals surface area contributed by atoms with E-state index in [0.29, 0.717) is 18.0 Å². The highest BCUT2D eigenvalue weighted by atomic mass is 15.3. The van der Waals surface area contributed by atoms with Crippen molar-refractivity contribution in [2.45, 2.75) is 33.2 Å². The molecule has 0 radical (unpaired) electrons. The second kappa shape index (κ2) is 5.15. The van der Waals surface area contributed by atoms with E-state index in [9.17, 15) is 0 Å². The first kappa shape index (κ1) is 13.2. The van der Waals surface area contributed by atoms with Gasteiger partial charge in [0.2, 0.25) is 0 Å². The van der Waals surface area contributed by atoms with Crippen molar-refractivity contribution < 1.29 is 0 Å². The third-order valence-electron chi connectivity index (χ3n) is 3.18. The molecule has 98 valence electrons. The maximum absolute atomic E-state index is 8.79. The van der Waals surface area contributed by atoms with Crippen molar-refractivity contribution in [2.75, 3.05) is 5.73 Å². The van der Waals surface area contributed by atoms with Gasteiger partial charge in [-0.2, -0.15) is 10.4 Å². The van der Waals surface area contributed by atoms with Crippen LogP contribution in [0.3, 0.4) is 0 Å². The van der Waals surface area contributed by atoms with Crippen LogP contribution in [0.25, 0.3) is 0 Å². The quantitative estimate of drug-likeness (QED) is 0.915. The molecule has 0 amide bonds. The minimum Gasteiger partial charge on any atom is -0.396 e. The number of aromatic nitrogens is 2. The largest absolute Gasteiger partial charge is 0.396 e. The van der Waals surface area contributed by atoms with Crippen LogP contribution in [0.5, 0.6) is 0 Å². The minimum absolute atomic E-state index is 0.333. The molecule has 0 unspecified atom stereocenters. The number of benzene rings is 1. The standard InChI is InChI=1S/C15H18N4/c1-10(2)15-14(17)11(3)18-19(15)9-13-6-4-12(8-16)5-7-13/h4-7,10H,9,17H2,1-3H3. The molecule has 1 heterocycles. The van der Waals surface area contributed by atoms with Gasteiger partial charge in [0.25, 0.3) is 0 Å². The Balaban J connectivity index is 2.33. The van der Waals surface area contributed by atoms with Gasteiger partial charge in [0.15, 0.2) is 0 Å². The van der Waals surface area contributed by atoms with Gasteiger partial charge in [-0.05, 0) is 30.5 Å². The summed E-state index contributed by atoms with van der Waals surface area (Å²) >= 11 is 0. The summed E-state index contributed by atoms with van der Waals surface area (Å²) in [6.45, 7) is 6.83. The van der Waals surface area contributed by atoms with Crippen LogP contribution in [0.1, 0.15) is 42.3 Å². The number of aryl methyl sites for hydroxylation is 1. The zero-order valence-electron chi connectivity index (χ0n) is 11.5. The van der Waals surface area contributed by atoms with Gasteiger partial charge in [-0.25, -0.2) is 0 Å². The van der Waals surface area contributed by atoms with Crippen molar-refractivity contribution >= 4 is 5.69 Å². The average molecular weight is 254 g/mol. The Morgan fingerprint density at radius 3 is 2.47 bits per heavy atom. The normalized spacial score (nSPS) is 10.7. The van der Waals surface area contributed by atoms with E-state index >= 15 is 0 Å². The van der Waals surface area contributed by atoms with Gasteiger partial charge >= 0.3 is 0 Å². The van der Waals surface area contributed by atoms with E-state index in [1.807, 2.05) is 35.9 Å². The summed E-state index contributed by atoms with van der Waals surface area (Å²) < 4.78 is 1.96. The molecule has 4 nitrogen and oxygen atoms in total. The van der Waals surface area contributed by atoms with E-state index in [0.717, 1.165) is 22.6 Å². The zero-order chi connectivity index (χ0) is 14.0. The highest BCUT2D eigenvalue weighted by molar-refractivity contribution is 5.49. The minimum atomic E-state index is 0.333. The molecule has 2 aromatic rings. The molecule has 19 heavy (non-hydrogen) atoms. The van der Waals surface area contributed by atoms with Gasteiger partial charge in [-0.15, -0.1) is 0 Å². The Labute approximate surface area is 113 Å². The molecule has 0 spiro atoms. The third-order valence-corrected chi connectivity index (χ3v) is 3.18. The van der Waals surface area contributed by atoms with Crippen LogP contribution >= 0.6 is 0 Å². The molecule has 2 N–H and O–H groups in total. The van der Waals surface area contributed by atoms with Gasteiger partial charge < -0.3 is 5.73 Å². The molecule has 0 atom stereocenters. The highest BCUT2D eigenvalue weighted by Gasteiger charge is 2.15. The molecule has 4 heteroatoms. The first-order chi connectivity index (χ1) is 9.02. The van der Waals surface area contributed by atoms with Crippen LogP contribution in [0.15, 0.2) is 24.3 Å². The number of hydrogen-bond donors (Lipinski definition) is 1. The lowest BCUT2D eigenvalue weighted by atomic mass is 10.1. The molecular weight excluding hydrogens is 236 g/mol. The Morgan fingerprint density at radius 1 is 1.32 bits per heavy atom. The van der Waals surface area contributed by atoms with Crippen molar-refractivity contribution in [1.82, 2.24) is 9.78 Å². The van der Waals surface area contributed by atoms with Crippen LogP contribution in [-0.4, -0.2) is 9.78 Å². The molecular formula is C15H18N4. The van der Waals surface area contributed by atoms with Gasteiger partial charge in [0.05, 0.1) is 35.3 Å². The summed E-state index contributed by atoms with van der Waals surface area (Å²) in [5.74, 6) is 0.333. The van der Waals surface area contributed by atoms with Crippen LogP contribution < -0.4 is 5.73 Å². The molecule has 1 aromatic heterocycles. The predicted octanol–water partition coefficient (Wildman–Crippen LogP) is 2.82. The van der Waals surface area contributed by atoms with Crippen molar-refractivity contribution in [3.63, 3.8) is 0 Å². The van der Waals surface area contributed by atoms with Crippen LogP contribution in [0, 0.1) is 18.3 Å². The SMILES string of the molecule is Cc1nn(Cc2ccc(C#N)cc2)c(C(C)C)c1N. The van der Waals surface area contributed by atoms with Crippen molar-refractivity contribution in [2.24, 2.45) is 0 Å². The summed E-state index contributed by atoms with van der Waals surface area (Å²) in [6, 6.07) is 9.67. The van der Waals surface area contributed by atoms with Gasteiger partial charge in [-0.3, -0.25) is 4.68 Å². The van der Waals surface area contributed by atoms with E-state index in [1.54, 1.807) is 0 Å². The summed E-state index contributed by atoms with van der Waals surface area (Å²) in [6.07, 6.45) is 0. The fourth-order valence-corrected chi connectivity index (χ4v) is 2.20. The topological polar surface area (TPSA) is 67.6 Å². The summed E-state index contributed by atoms with van der Waals surface area (Å²) in [5, 5.41) is 13.3. The number of rotatable bonds is 3. The summed E-state index contributed by atoms with van der Waals surface area (Å²) in [5.41, 5.74) is 10.6. The zero-order valence-corrected chi connectivity index (χ0v) is 11.5. The van der Waals surface area contributed by atoms with Crippen LogP contribution in [0.2, 0.25) is 0 Å². The molecule has 0 aliphatic carbocycles. The number of nitrogen functional groups attached to an aromatic ring is 1. The fourth-order valence-electron chi connectivity index (χ4n) is 2.20. The molecule has 0 aliphatic heterocycles. The molecule has 2 rings (SSSR count). The van der Waals surface area contributed by atoms with E-state index in [1.165, 1.54) is 0 Å². The predicted molar refractivity (Wildman–Crippen MR) is 75.7 cm³/mol. The Hall–Kier alpha value is -2.28. The number of nitrogens with two attached hydrogens (primary N) is 1. The van der Waals surface area contributed by atoms with Crippen molar-refractivity contribution in [3.8, 4) is 6.07 Å². The van der Waals surface area contributed by atoms with Gasteiger partial charge in [-0.1, -0.05) is 26.0 Å². The maximum atomic E-state index is 8.79. The van der Waals surface area contributed by atoms with Crippen LogP contribution in [-0.2, 0) is 6.54 Å². The molecule has 1 aromatic carbocycles. The molecule has 0 saturated heterocycles. The van der Waals surface area contributed by atoms with Gasteiger partial charge in [0, 0.05) is 0 Å². The Morgan fingerprint density at radius 2 is 1.95 bits per heavy atom. The highest BCUT2D eigenvalue weighted by Crippen LogP contribution is 2.25. The van der Waals surface area contributed by atoms with Crippen LogP contribution in [0.4, 0.5) is 5.69 Å².